The highest BCUT2D eigenvalue weighted by atomic mass is 19.1. The summed E-state index contributed by atoms with van der Waals surface area (Å²) in [5.41, 5.74) is 2.58. The Labute approximate surface area is 183 Å². The van der Waals surface area contributed by atoms with Gasteiger partial charge in [-0.15, -0.1) is 0 Å². The summed E-state index contributed by atoms with van der Waals surface area (Å²) in [4.78, 5) is 16.5. The number of ether oxygens (including phenoxy) is 1. The molecule has 8 heteroatoms. The number of nitrogens with zero attached hydrogens (tertiary/aromatic N) is 3. The summed E-state index contributed by atoms with van der Waals surface area (Å²) in [5, 5.41) is 10.4. The minimum Gasteiger partial charge on any atom is -0.379 e. The van der Waals surface area contributed by atoms with E-state index in [1.807, 2.05) is 26.1 Å². The molecule has 1 unspecified atom stereocenters. The van der Waals surface area contributed by atoms with Gasteiger partial charge in [0.15, 0.2) is 0 Å². The van der Waals surface area contributed by atoms with E-state index >= 15 is 0 Å². The van der Waals surface area contributed by atoms with Gasteiger partial charge in [0.05, 0.1) is 18.9 Å². The maximum atomic E-state index is 13.4. The van der Waals surface area contributed by atoms with Crippen molar-refractivity contribution in [1.29, 1.82) is 0 Å². The Bertz CT molecular complexity index is 822. The number of aryl methyl sites for hydroxylation is 1. The van der Waals surface area contributed by atoms with Gasteiger partial charge in [0, 0.05) is 50.5 Å². The number of carbonyl (C=O) groups excluding carboxylic acids is 1. The van der Waals surface area contributed by atoms with Gasteiger partial charge in [-0.25, -0.2) is 9.18 Å². The average molecular weight is 432 g/mol. The van der Waals surface area contributed by atoms with Gasteiger partial charge in [-0.05, 0) is 44.4 Å². The van der Waals surface area contributed by atoms with Crippen LogP contribution in [0.2, 0.25) is 0 Å². The topological polar surface area (TPSA) is 73.5 Å². The maximum absolute atomic E-state index is 13.4. The van der Waals surface area contributed by atoms with Gasteiger partial charge in [0.25, 0.3) is 0 Å². The number of rotatable bonds is 10. The predicted octanol–water partition coefficient (Wildman–Crippen LogP) is 3.29. The molecule has 2 aromatic rings. The van der Waals surface area contributed by atoms with Gasteiger partial charge < -0.3 is 15.0 Å². The molecular weight excluding hydrogens is 397 g/mol. The molecule has 0 radical (unpaired) electrons. The number of aromatic amines is 1. The number of carbonyl (C=O) groups is 1. The number of unbranched alkanes of at least 4 members (excludes halogenated alkanes) is 2. The number of nitrogens with one attached hydrogen (secondary N) is 2. The van der Waals surface area contributed by atoms with Crippen molar-refractivity contribution in [3.8, 4) is 11.3 Å². The van der Waals surface area contributed by atoms with Crippen LogP contribution in [-0.2, 0) is 11.2 Å². The Balaban J connectivity index is 1.30. The molecule has 170 valence electrons. The number of amides is 2. The second kappa shape index (κ2) is 11.8. The highest BCUT2D eigenvalue weighted by Gasteiger charge is 2.16. The molecule has 2 heterocycles. The normalized spacial score (nSPS) is 15.6. The highest BCUT2D eigenvalue weighted by Crippen LogP contribution is 2.19. The third kappa shape index (κ3) is 7.63. The summed E-state index contributed by atoms with van der Waals surface area (Å²) in [6.07, 6.45) is 3.87. The summed E-state index contributed by atoms with van der Waals surface area (Å²) in [6, 6.07) is 8.53. The first kappa shape index (κ1) is 23.2. The summed E-state index contributed by atoms with van der Waals surface area (Å²) < 4.78 is 18.7. The first-order valence-electron chi connectivity index (χ1n) is 11.1. The minimum atomic E-state index is -0.259. The second-order valence-corrected chi connectivity index (χ2v) is 8.28. The SMILES string of the molecule is CC(CN1CCOCC1)NC(=O)N(C)CCCCCc1cc(-c2cccc(F)c2)n[nH]1. The quantitative estimate of drug-likeness (QED) is 0.566. The monoisotopic (exact) mass is 431 g/mol. The van der Waals surface area contributed by atoms with Crippen molar-refractivity contribution in [3.05, 3.63) is 41.8 Å². The van der Waals surface area contributed by atoms with Crippen molar-refractivity contribution < 1.29 is 13.9 Å². The molecule has 1 aliphatic rings. The van der Waals surface area contributed by atoms with Crippen LogP contribution in [0.15, 0.2) is 30.3 Å². The second-order valence-electron chi connectivity index (χ2n) is 8.28. The van der Waals surface area contributed by atoms with Crippen LogP contribution in [0.5, 0.6) is 0 Å². The Morgan fingerprint density at radius 1 is 1.29 bits per heavy atom. The molecule has 1 fully saturated rings. The van der Waals surface area contributed by atoms with Crippen molar-refractivity contribution in [1.82, 2.24) is 25.3 Å². The van der Waals surface area contributed by atoms with Crippen molar-refractivity contribution in [2.24, 2.45) is 0 Å². The molecule has 7 nitrogen and oxygen atoms in total. The molecule has 1 aliphatic heterocycles. The average Bonchev–Trinajstić information content (AvgIpc) is 3.23. The van der Waals surface area contributed by atoms with Crippen LogP contribution in [0.3, 0.4) is 0 Å². The molecule has 0 saturated carbocycles. The first-order valence-corrected chi connectivity index (χ1v) is 11.1. The van der Waals surface area contributed by atoms with Gasteiger partial charge in [-0.2, -0.15) is 5.10 Å². The number of hydrogen-bond donors (Lipinski definition) is 2. The number of hydrogen-bond acceptors (Lipinski definition) is 4. The summed E-state index contributed by atoms with van der Waals surface area (Å²) in [6.45, 7) is 7.02. The summed E-state index contributed by atoms with van der Waals surface area (Å²) in [5.74, 6) is -0.259. The van der Waals surface area contributed by atoms with Crippen LogP contribution in [0.4, 0.5) is 9.18 Å². The third-order valence-electron chi connectivity index (χ3n) is 5.54. The van der Waals surface area contributed by atoms with E-state index in [2.05, 4.69) is 20.4 Å². The van der Waals surface area contributed by atoms with E-state index in [1.54, 1.807) is 11.0 Å². The fourth-order valence-corrected chi connectivity index (χ4v) is 3.77. The van der Waals surface area contributed by atoms with E-state index in [4.69, 9.17) is 4.74 Å². The fraction of sp³-hybridized carbons (Fsp3) is 0.565. The Kier molecular flexibility index (Phi) is 8.85. The molecule has 0 aliphatic carbocycles. The van der Waals surface area contributed by atoms with Crippen LogP contribution in [0.1, 0.15) is 31.9 Å². The number of benzene rings is 1. The van der Waals surface area contributed by atoms with E-state index in [-0.39, 0.29) is 17.9 Å². The van der Waals surface area contributed by atoms with Crippen LogP contribution < -0.4 is 5.32 Å². The number of urea groups is 1. The van der Waals surface area contributed by atoms with Crippen LogP contribution in [0.25, 0.3) is 11.3 Å². The zero-order chi connectivity index (χ0) is 22.1. The Morgan fingerprint density at radius 3 is 2.87 bits per heavy atom. The van der Waals surface area contributed by atoms with E-state index in [0.717, 1.165) is 82.0 Å². The number of morpholine rings is 1. The lowest BCUT2D eigenvalue weighted by Gasteiger charge is -2.30. The lowest BCUT2D eigenvalue weighted by atomic mass is 10.1. The van der Waals surface area contributed by atoms with Gasteiger partial charge in [0.2, 0.25) is 0 Å². The molecule has 1 saturated heterocycles. The molecule has 2 N–H and O–H groups in total. The van der Waals surface area contributed by atoms with Gasteiger partial charge in [0.1, 0.15) is 5.82 Å². The van der Waals surface area contributed by atoms with Gasteiger partial charge in [-0.3, -0.25) is 10.00 Å². The van der Waals surface area contributed by atoms with Crippen molar-refractivity contribution in [3.63, 3.8) is 0 Å². The molecule has 1 aromatic carbocycles. The largest absolute Gasteiger partial charge is 0.379 e. The third-order valence-corrected chi connectivity index (χ3v) is 5.54. The number of halogens is 1. The van der Waals surface area contributed by atoms with Crippen LogP contribution in [-0.4, -0.2) is 78.5 Å². The van der Waals surface area contributed by atoms with Gasteiger partial charge in [-0.1, -0.05) is 18.6 Å². The molecule has 1 atom stereocenters. The van der Waals surface area contributed by atoms with E-state index in [1.165, 1.54) is 12.1 Å². The molecular formula is C23H34FN5O2. The molecule has 0 bridgehead atoms. The van der Waals surface area contributed by atoms with Gasteiger partial charge >= 0.3 is 6.03 Å². The zero-order valence-electron chi connectivity index (χ0n) is 18.6. The smallest absolute Gasteiger partial charge is 0.317 e. The highest BCUT2D eigenvalue weighted by molar-refractivity contribution is 5.74. The summed E-state index contributed by atoms with van der Waals surface area (Å²) >= 11 is 0. The Hall–Kier alpha value is -2.45. The fourth-order valence-electron chi connectivity index (χ4n) is 3.77. The minimum absolute atomic E-state index is 0.0194. The van der Waals surface area contributed by atoms with Crippen molar-refractivity contribution in [2.75, 3.05) is 46.4 Å². The molecule has 3 rings (SSSR count). The van der Waals surface area contributed by atoms with E-state index in [9.17, 15) is 9.18 Å². The first-order chi connectivity index (χ1) is 15.0. The molecule has 2 amide bonds. The Morgan fingerprint density at radius 2 is 2.10 bits per heavy atom. The van der Waals surface area contributed by atoms with E-state index < -0.39 is 0 Å². The lowest BCUT2D eigenvalue weighted by Crippen LogP contribution is -2.49. The molecule has 1 aromatic heterocycles. The summed E-state index contributed by atoms with van der Waals surface area (Å²) in [7, 11) is 1.84. The van der Waals surface area contributed by atoms with E-state index in [0.29, 0.717) is 0 Å². The lowest BCUT2D eigenvalue weighted by molar-refractivity contribution is 0.0347. The van der Waals surface area contributed by atoms with Crippen molar-refractivity contribution in [2.45, 2.75) is 38.6 Å². The number of H-pyrrole nitrogens is 1. The van der Waals surface area contributed by atoms with Crippen molar-refractivity contribution >= 4 is 6.03 Å². The maximum Gasteiger partial charge on any atom is 0.317 e. The molecule has 0 spiro atoms. The molecule has 31 heavy (non-hydrogen) atoms. The number of aromatic nitrogens is 2. The predicted molar refractivity (Wildman–Crippen MR) is 119 cm³/mol. The van der Waals surface area contributed by atoms with Crippen LogP contribution >= 0.6 is 0 Å². The van der Waals surface area contributed by atoms with Crippen LogP contribution in [0, 0.1) is 5.82 Å². The zero-order valence-corrected chi connectivity index (χ0v) is 18.6. The standard InChI is InChI=1S/C23H34FN5O2/c1-18(17-29-11-13-31-14-12-29)25-23(30)28(2)10-5-3-4-9-21-16-22(27-26-21)19-7-6-8-20(24)15-19/h6-8,15-16,18H,3-5,9-14,17H2,1-2H3,(H,25,30)(H,26,27).